The maximum absolute atomic E-state index is 11.9. The smallest absolute Gasteiger partial charge is 0.232 e. The van der Waals surface area contributed by atoms with Crippen molar-refractivity contribution in [2.75, 3.05) is 13.1 Å². The van der Waals surface area contributed by atoms with Gasteiger partial charge in [-0.25, -0.2) is 0 Å². The molecule has 5 nitrogen and oxygen atoms in total. The van der Waals surface area contributed by atoms with E-state index in [1.807, 2.05) is 0 Å². The highest BCUT2D eigenvalue weighted by Gasteiger charge is 2.21. The molecular weight excluding hydrogens is 244 g/mol. The lowest BCUT2D eigenvalue weighted by molar-refractivity contribution is -0.137. The van der Waals surface area contributed by atoms with Gasteiger partial charge in [-0.1, -0.05) is 6.92 Å². The number of likely N-dealkylation sites (tertiary alicyclic amines) is 1. The molecule has 0 aliphatic carbocycles. The molecule has 1 aromatic heterocycles. The number of nitrogens with one attached hydrogen (secondary N) is 1. The first-order chi connectivity index (χ1) is 9.15. The average Bonchev–Trinajstić information content (AvgIpc) is 2.90. The monoisotopic (exact) mass is 264 g/mol. The summed E-state index contributed by atoms with van der Waals surface area (Å²) in [5, 5.41) is 2.68. The minimum Gasteiger partial charge on any atom is -0.467 e. The highest BCUT2D eigenvalue weighted by molar-refractivity contribution is 5.96. The number of amides is 2. The molecule has 5 heteroatoms. The Morgan fingerprint density at radius 1 is 1.42 bits per heavy atom. The van der Waals surface area contributed by atoms with Crippen LogP contribution in [0, 0.1) is 5.92 Å². The highest BCUT2D eigenvalue weighted by atomic mass is 16.3. The zero-order valence-electron chi connectivity index (χ0n) is 11.2. The summed E-state index contributed by atoms with van der Waals surface area (Å²) in [6.45, 7) is 4.06. The van der Waals surface area contributed by atoms with E-state index in [0.29, 0.717) is 18.2 Å². The Hall–Kier alpha value is -1.78. The summed E-state index contributed by atoms with van der Waals surface area (Å²) in [5.41, 5.74) is 0. The lowest BCUT2D eigenvalue weighted by Crippen LogP contribution is -2.40. The van der Waals surface area contributed by atoms with Gasteiger partial charge in [-0.3, -0.25) is 9.59 Å². The Morgan fingerprint density at radius 3 is 2.79 bits per heavy atom. The molecule has 0 atom stereocenters. The van der Waals surface area contributed by atoms with Crippen LogP contribution in [-0.2, 0) is 16.1 Å². The van der Waals surface area contributed by atoms with Crippen molar-refractivity contribution in [3.05, 3.63) is 24.2 Å². The maximum atomic E-state index is 11.9. The zero-order valence-corrected chi connectivity index (χ0v) is 11.2. The second-order valence-electron chi connectivity index (χ2n) is 5.10. The van der Waals surface area contributed by atoms with Crippen molar-refractivity contribution < 1.29 is 14.0 Å². The van der Waals surface area contributed by atoms with E-state index >= 15 is 0 Å². The molecule has 1 N–H and O–H groups in total. The van der Waals surface area contributed by atoms with E-state index in [0.717, 1.165) is 25.9 Å². The van der Waals surface area contributed by atoms with Crippen molar-refractivity contribution in [2.45, 2.75) is 32.7 Å². The fraction of sp³-hybridized carbons (Fsp3) is 0.571. The average molecular weight is 264 g/mol. The topological polar surface area (TPSA) is 62.6 Å². The van der Waals surface area contributed by atoms with Gasteiger partial charge in [-0.15, -0.1) is 0 Å². The van der Waals surface area contributed by atoms with Crippen molar-refractivity contribution in [2.24, 2.45) is 5.92 Å². The molecule has 0 aromatic carbocycles. The minimum atomic E-state index is -0.250. The molecule has 2 heterocycles. The summed E-state index contributed by atoms with van der Waals surface area (Å²) in [7, 11) is 0. The minimum absolute atomic E-state index is 0.0743. The molecule has 2 rings (SSSR count). The van der Waals surface area contributed by atoms with Gasteiger partial charge >= 0.3 is 0 Å². The van der Waals surface area contributed by atoms with E-state index in [1.165, 1.54) is 0 Å². The molecule has 0 saturated carbocycles. The number of piperidine rings is 1. The fourth-order valence-corrected chi connectivity index (χ4v) is 2.17. The second kappa shape index (κ2) is 6.41. The van der Waals surface area contributed by atoms with E-state index in [-0.39, 0.29) is 18.2 Å². The normalized spacial score (nSPS) is 16.4. The van der Waals surface area contributed by atoms with Gasteiger partial charge < -0.3 is 14.6 Å². The van der Waals surface area contributed by atoms with Crippen LogP contribution in [0.4, 0.5) is 0 Å². The molecule has 104 valence electrons. The molecule has 19 heavy (non-hydrogen) atoms. The molecule has 1 aliphatic heterocycles. The summed E-state index contributed by atoms with van der Waals surface area (Å²) in [6.07, 6.45) is 3.54. The third kappa shape index (κ3) is 4.12. The maximum Gasteiger partial charge on any atom is 0.232 e. The van der Waals surface area contributed by atoms with Crippen LogP contribution in [0.5, 0.6) is 0 Å². The Bertz CT molecular complexity index is 420. The van der Waals surface area contributed by atoms with Gasteiger partial charge in [0.15, 0.2) is 0 Å². The van der Waals surface area contributed by atoms with Crippen LogP contribution >= 0.6 is 0 Å². The van der Waals surface area contributed by atoms with Crippen LogP contribution in [0.2, 0.25) is 0 Å². The van der Waals surface area contributed by atoms with Gasteiger partial charge in [-0.2, -0.15) is 0 Å². The Labute approximate surface area is 113 Å². The fourth-order valence-electron chi connectivity index (χ4n) is 2.17. The molecule has 0 spiro atoms. The highest BCUT2D eigenvalue weighted by Crippen LogP contribution is 2.16. The first-order valence-corrected chi connectivity index (χ1v) is 6.72. The van der Waals surface area contributed by atoms with Crippen LogP contribution in [-0.4, -0.2) is 29.8 Å². The second-order valence-corrected chi connectivity index (χ2v) is 5.10. The van der Waals surface area contributed by atoms with Crippen molar-refractivity contribution in [3.63, 3.8) is 0 Å². The van der Waals surface area contributed by atoms with Crippen molar-refractivity contribution in [3.8, 4) is 0 Å². The van der Waals surface area contributed by atoms with Gasteiger partial charge in [0.05, 0.1) is 12.8 Å². The van der Waals surface area contributed by atoms with Crippen LogP contribution in [0.25, 0.3) is 0 Å². The van der Waals surface area contributed by atoms with E-state index in [2.05, 4.69) is 12.2 Å². The van der Waals surface area contributed by atoms with Gasteiger partial charge in [0.25, 0.3) is 0 Å². The SMILES string of the molecule is CC1CCN(C(=O)CC(=O)NCc2ccco2)CC1. The lowest BCUT2D eigenvalue weighted by Gasteiger charge is -2.30. The largest absolute Gasteiger partial charge is 0.467 e. The zero-order chi connectivity index (χ0) is 13.7. The molecule has 1 aromatic rings. The Balaban J connectivity index is 1.71. The first kappa shape index (κ1) is 13.6. The van der Waals surface area contributed by atoms with Crippen molar-refractivity contribution in [1.29, 1.82) is 0 Å². The number of rotatable bonds is 4. The number of furan rings is 1. The van der Waals surface area contributed by atoms with Crippen molar-refractivity contribution in [1.82, 2.24) is 10.2 Å². The number of carbonyl (C=O) groups is 2. The number of nitrogens with zero attached hydrogens (tertiary/aromatic N) is 1. The van der Waals surface area contributed by atoms with Crippen LogP contribution in [0.3, 0.4) is 0 Å². The third-order valence-electron chi connectivity index (χ3n) is 3.49. The van der Waals surface area contributed by atoms with Gasteiger partial charge in [-0.05, 0) is 30.9 Å². The molecule has 1 saturated heterocycles. The molecule has 1 aliphatic rings. The van der Waals surface area contributed by atoms with Gasteiger partial charge in [0, 0.05) is 13.1 Å². The van der Waals surface area contributed by atoms with Gasteiger partial charge in [0.2, 0.25) is 11.8 Å². The van der Waals surface area contributed by atoms with Crippen LogP contribution in [0.1, 0.15) is 31.9 Å². The van der Waals surface area contributed by atoms with Crippen LogP contribution in [0.15, 0.2) is 22.8 Å². The summed E-state index contributed by atoms with van der Waals surface area (Å²) >= 11 is 0. The predicted molar refractivity (Wildman–Crippen MR) is 70.1 cm³/mol. The first-order valence-electron chi connectivity index (χ1n) is 6.72. The van der Waals surface area contributed by atoms with E-state index in [1.54, 1.807) is 23.3 Å². The summed E-state index contributed by atoms with van der Waals surface area (Å²) in [5.74, 6) is 1.04. The summed E-state index contributed by atoms with van der Waals surface area (Å²) in [4.78, 5) is 25.4. The van der Waals surface area contributed by atoms with E-state index in [9.17, 15) is 9.59 Å². The summed E-state index contributed by atoms with van der Waals surface area (Å²) < 4.78 is 5.11. The molecule has 0 radical (unpaired) electrons. The van der Waals surface area contributed by atoms with E-state index < -0.39 is 0 Å². The third-order valence-corrected chi connectivity index (χ3v) is 3.49. The summed E-state index contributed by atoms with van der Waals surface area (Å²) in [6, 6.07) is 3.55. The molecule has 2 amide bonds. The van der Waals surface area contributed by atoms with Crippen LogP contribution < -0.4 is 5.32 Å². The molecule has 1 fully saturated rings. The number of carbonyl (C=O) groups excluding carboxylic acids is 2. The van der Waals surface area contributed by atoms with E-state index in [4.69, 9.17) is 4.42 Å². The van der Waals surface area contributed by atoms with Crippen molar-refractivity contribution >= 4 is 11.8 Å². The standard InChI is InChI=1S/C14H20N2O3/c1-11-4-6-16(7-5-11)14(18)9-13(17)15-10-12-3-2-8-19-12/h2-3,8,11H,4-7,9-10H2,1H3,(H,15,17). The van der Waals surface area contributed by atoms with Gasteiger partial charge in [0.1, 0.15) is 12.2 Å². The molecule has 0 bridgehead atoms. The number of hydrogen-bond donors (Lipinski definition) is 1. The lowest BCUT2D eigenvalue weighted by atomic mass is 9.99. The predicted octanol–water partition coefficient (Wildman–Crippen LogP) is 1.54. The Morgan fingerprint density at radius 2 is 2.16 bits per heavy atom. The Kier molecular flexibility index (Phi) is 4.60. The molecule has 0 unspecified atom stereocenters. The number of hydrogen-bond acceptors (Lipinski definition) is 3. The quantitative estimate of drug-likeness (QED) is 0.839. The molecular formula is C14H20N2O3.